The van der Waals surface area contributed by atoms with Crippen LogP contribution in [-0.4, -0.2) is 67.0 Å². The Morgan fingerprint density at radius 2 is 1.72 bits per heavy atom. The van der Waals surface area contributed by atoms with Crippen LogP contribution in [0.1, 0.15) is 19.4 Å². The van der Waals surface area contributed by atoms with Crippen LogP contribution in [0.15, 0.2) is 24.3 Å². The molecule has 1 fully saturated rings. The van der Waals surface area contributed by atoms with Crippen molar-refractivity contribution in [3.63, 3.8) is 0 Å². The number of rotatable bonds is 3. The molecule has 0 aliphatic carbocycles. The number of piperazine rings is 1. The van der Waals surface area contributed by atoms with Gasteiger partial charge in [-0.1, -0.05) is 12.1 Å². The first-order valence-corrected chi connectivity index (χ1v) is 8.57. The van der Waals surface area contributed by atoms with Gasteiger partial charge >= 0.3 is 17.9 Å². The molecule has 1 aromatic rings. The van der Waals surface area contributed by atoms with Crippen molar-refractivity contribution in [1.29, 1.82) is 0 Å². The van der Waals surface area contributed by atoms with E-state index >= 15 is 0 Å². The Balaban J connectivity index is 2.00. The fraction of sp³-hybridized carbons (Fsp3) is 0.500. The fourth-order valence-corrected chi connectivity index (χ4v) is 2.80. The minimum Gasteiger partial charge on any atom is -0.450 e. The number of nitrogens with zero attached hydrogens (tertiary/aromatic N) is 3. The van der Waals surface area contributed by atoms with Gasteiger partial charge in [0, 0.05) is 38.4 Å². The number of carbonyl (C=O) groups excluding carboxylic acids is 3. The number of carbonyl (C=O) groups is 3. The molecule has 1 heterocycles. The van der Waals surface area contributed by atoms with Crippen LogP contribution in [0.5, 0.6) is 0 Å². The van der Waals surface area contributed by atoms with E-state index in [9.17, 15) is 14.4 Å². The smallest absolute Gasteiger partial charge is 0.409 e. The average molecular weight is 347 g/mol. The molecule has 1 aromatic carbocycles. The second-order valence-corrected chi connectivity index (χ2v) is 5.87. The molecule has 2 rings (SSSR count). The number of anilines is 1. The van der Waals surface area contributed by atoms with Crippen molar-refractivity contribution < 1.29 is 19.1 Å². The summed E-state index contributed by atoms with van der Waals surface area (Å²) in [6.07, 6.45) is -0.379. The lowest BCUT2D eigenvalue weighted by Crippen LogP contribution is -2.54. The predicted octanol–water partition coefficient (Wildman–Crippen LogP) is 1.65. The molecule has 0 saturated carbocycles. The van der Waals surface area contributed by atoms with E-state index in [4.69, 9.17) is 4.74 Å². The summed E-state index contributed by atoms with van der Waals surface area (Å²) in [5.74, 6) is -1.08. The molecular formula is C18H25N3O4. The molecule has 7 heteroatoms. The Morgan fingerprint density at radius 3 is 2.28 bits per heavy atom. The van der Waals surface area contributed by atoms with E-state index in [0.29, 0.717) is 45.0 Å². The maximum atomic E-state index is 12.6. The zero-order valence-electron chi connectivity index (χ0n) is 15.0. The standard InChI is InChI=1S/C18H25N3O4/c1-4-21(15-8-6-7-14(3)13-15)17(23)16(22)19-9-11-20(12-10-19)18(24)25-5-2/h6-8,13H,4-5,9-12H2,1-3H3. The summed E-state index contributed by atoms with van der Waals surface area (Å²) in [6, 6.07) is 7.51. The third-order valence-electron chi connectivity index (χ3n) is 4.15. The van der Waals surface area contributed by atoms with E-state index in [0.717, 1.165) is 5.56 Å². The van der Waals surface area contributed by atoms with Crippen molar-refractivity contribution in [3.05, 3.63) is 29.8 Å². The summed E-state index contributed by atoms with van der Waals surface area (Å²) in [6.45, 7) is 7.66. The van der Waals surface area contributed by atoms with E-state index in [1.54, 1.807) is 11.8 Å². The van der Waals surface area contributed by atoms with Crippen LogP contribution in [0.3, 0.4) is 0 Å². The predicted molar refractivity (Wildman–Crippen MR) is 94.4 cm³/mol. The minimum atomic E-state index is -0.544. The molecule has 0 N–H and O–H groups in total. The maximum Gasteiger partial charge on any atom is 0.409 e. The maximum absolute atomic E-state index is 12.6. The van der Waals surface area contributed by atoms with Gasteiger partial charge in [0.2, 0.25) is 0 Å². The molecule has 0 unspecified atom stereocenters. The summed E-state index contributed by atoms with van der Waals surface area (Å²) in [4.78, 5) is 41.4. The SMILES string of the molecule is CCOC(=O)N1CCN(C(=O)C(=O)N(CC)c2cccc(C)c2)CC1. The molecule has 0 spiro atoms. The first kappa shape index (κ1) is 18.8. The van der Waals surface area contributed by atoms with E-state index in [1.807, 2.05) is 38.1 Å². The lowest BCUT2D eigenvalue weighted by Gasteiger charge is -2.34. The van der Waals surface area contributed by atoms with Gasteiger partial charge in [0.1, 0.15) is 0 Å². The first-order valence-electron chi connectivity index (χ1n) is 8.57. The fourth-order valence-electron chi connectivity index (χ4n) is 2.80. The molecule has 3 amide bonds. The Bertz CT molecular complexity index is 639. The number of amides is 3. The van der Waals surface area contributed by atoms with E-state index < -0.39 is 11.8 Å². The normalized spacial score (nSPS) is 14.2. The summed E-state index contributed by atoms with van der Waals surface area (Å²) in [7, 11) is 0. The number of benzene rings is 1. The van der Waals surface area contributed by atoms with Crippen LogP contribution in [0.2, 0.25) is 0 Å². The molecule has 25 heavy (non-hydrogen) atoms. The molecule has 1 saturated heterocycles. The third kappa shape index (κ3) is 4.49. The first-order chi connectivity index (χ1) is 12.0. The highest BCUT2D eigenvalue weighted by Gasteiger charge is 2.31. The van der Waals surface area contributed by atoms with E-state index in [1.165, 1.54) is 9.80 Å². The number of hydrogen-bond acceptors (Lipinski definition) is 4. The minimum absolute atomic E-state index is 0.318. The summed E-state index contributed by atoms with van der Waals surface area (Å²) in [5.41, 5.74) is 1.74. The highest BCUT2D eigenvalue weighted by Crippen LogP contribution is 2.17. The van der Waals surface area contributed by atoms with Gasteiger partial charge in [-0.05, 0) is 38.5 Å². The van der Waals surface area contributed by atoms with E-state index in [-0.39, 0.29) is 6.09 Å². The molecule has 0 radical (unpaired) electrons. The summed E-state index contributed by atoms with van der Waals surface area (Å²) < 4.78 is 4.96. The zero-order chi connectivity index (χ0) is 18.4. The van der Waals surface area contributed by atoms with Crippen LogP contribution < -0.4 is 4.90 Å². The van der Waals surface area contributed by atoms with Crippen LogP contribution in [0.4, 0.5) is 10.5 Å². The summed E-state index contributed by atoms with van der Waals surface area (Å²) >= 11 is 0. The molecule has 7 nitrogen and oxygen atoms in total. The van der Waals surface area contributed by atoms with Gasteiger partial charge in [0.25, 0.3) is 0 Å². The van der Waals surface area contributed by atoms with Gasteiger partial charge in [-0.2, -0.15) is 0 Å². The van der Waals surface area contributed by atoms with Crippen LogP contribution in [0.25, 0.3) is 0 Å². The lowest BCUT2D eigenvalue weighted by atomic mass is 10.2. The van der Waals surface area contributed by atoms with Crippen LogP contribution >= 0.6 is 0 Å². The number of hydrogen-bond donors (Lipinski definition) is 0. The van der Waals surface area contributed by atoms with E-state index in [2.05, 4.69) is 0 Å². The summed E-state index contributed by atoms with van der Waals surface area (Å²) in [5, 5.41) is 0. The molecule has 0 aromatic heterocycles. The van der Waals surface area contributed by atoms with Crippen molar-refractivity contribution in [1.82, 2.24) is 9.80 Å². The molecule has 0 atom stereocenters. The van der Waals surface area contributed by atoms with Gasteiger partial charge in [-0.15, -0.1) is 0 Å². The number of aryl methyl sites for hydroxylation is 1. The molecule has 1 aliphatic rings. The Kier molecular flexibility index (Phi) is 6.38. The average Bonchev–Trinajstić information content (AvgIpc) is 2.62. The largest absolute Gasteiger partial charge is 0.450 e. The van der Waals surface area contributed by atoms with Crippen molar-refractivity contribution in [2.45, 2.75) is 20.8 Å². The lowest BCUT2D eigenvalue weighted by molar-refractivity contribution is -0.145. The Hall–Kier alpha value is -2.57. The Morgan fingerprint density at radius 1 is 1.08 bits per heavy atom. The Labute approximate surface area is 148 Å². The van der Waals surface area contributed by atoms with Crippen molar-refractivity contribution >= 4 is 23.6 Å². The monoisotopic (exact) mass is 347 g/mol. The van der Waals surface area contributed by atoms with Gasteiger partial charge in [-0.3, -0.25) is 9.59 Å². The third-order valence-corrected chi connectivity index (χ3v) is 4.15. The molecule has 136 valence electrons. The highest BCUT2D eigenvalue weighted by atomic mass is 16.6. The van der Waals surface area contributed by atoms with Gasteiger partial charge < -0.3 is 19.4 Å². The van der Waals surface area contributed by atoms with Crippen LogP contribution in [-0.2, 0) is 14.3 Å². The topological polar surface area (TPSA) is 70.2 Å². The van der Waals surface area contributed by atoms with Gasteiger partial charge in [0.15, 0.2) is 0 Å². The van der Waals surface area contributed by atoms with Crippen molar-refractivity contribution in [3.8, 4) is 0 Å². The molecule has 0 bridgehead atoms. The number of likely N-dealkylation sites (N-methyl/N-ethyl adjacent to an activating group) is 1. The van der Waals surface area contributed by atoms with Gasteiger partial charge in [-0.25, -0.2) is 4.79 Å². The molecular weight excluding hydrogens is 322 g/mol. The van der Waals surface area contributed by atoms with Crippen LogP contribution in [0, 0.1) is 6.92 Å². The highest BCUT2D eigenvalue weighted by molar-refractivity contribution is 6.40. The molecule has 1 aliphatic heterocycles. The quantitative estimate of drug-likeness (QED) is 0.780. The zero-order valence-corrected chi connectivity index (χ0v) is 15.0. The van der Waals surface area contributed by atoms with Gasteiger partial charge in [0.05, 0.1) is 6.61 Å². The number of ether oxygens (including phenoxy) is 1. The second-order valence-electron chi connectivity index (χ2n) is 5.87. The van der Waals surface area contributed by atoms with Crippen molar-refractivity contribution in [2.75, 3.05) is 44.2 Å². The second kappa shape index (κ2) is 8.50. The van der Waals surface area contributed by atoms with Crippen molar-refractivity contribution in [2.24, 2.45) is 0 Å².